The zero-order chi connectivity index (χ0) is 20.4. The van der Waals surface area contributed by atoms with E-state index in [2.05, 4.69) is 0 Å². The smallest absolute Gasteiger partial charge is 0.328 e. The van der Waals surface area contributed by atoms with Crippen molar-refractivity contribution in [1.29, 1.82) is 0 Å². The Hall–Kier alpha value is -3.15. The number of ether oxygens (including phenoxy) is 2. The monoisotopic (exact) mass is 393 g/mol. The number of carbonyl (C=O) groups excluding carboxylic acids is 3. The van der Waals surface area contributed by atoms with E-state index in [4.69, 9.17) is 9.47 Å². The number of rotatable bonds is 5. The first-order valence-electron chi connectivity index (χ1n) is 9.72. The number of fused-ring (bicyclic) bond motifs is 1. The maximum atomic E-state index is 12.9. The van der Waals surface area contributed by atoms with Gasteiger partial charge in [-0.05, 0) is 29.5 Å². The van der Waals surface area contributed by atoms with Crippen molar-refractivity contribution in [1.82, 2.24) is 4.90 Å². The number of nitrogens with zero attached hydrogens (tertiary/aromatic N) is 1. The predicted molar refractivity (Wildman–Crippen MR) is 105 cm³/mol. The number of carbonyl (C=O) groups is 3. The van der Waals surface area contributed by atoms with Gasteiger partial charge in [-0.15, -0.1) is 0 Å². The van der Waals surface area contributed by atoms with E-state index in [0.717, 1.165) is 16.7 Å². The van der Waals surface area contributed by atoms with E-state index in [9.17, 15) is 14.4 Å². The van der Waals surface area contributed by atoms with Crippen LogP contribution in [0.4, 0.5) is 0 Å². The lowest BCUT2D eigenvalue weighted by Crippen LogP contribution is -2.50. The molecule has 2 aliphatic rings. The highest BCUT2D eigenvalue weighted by molar-refractivity contribution is 5.90. The molecule has 1 heterocycles. The highest BCUT2D eigenvalue weighted by Gasteiger charge is 2.53. The van der Waals surface area contributed by atoms with Crippen LogP contribution in [0.1, 0.15) is 29.5 Å². The van der Waals surface area contributed by atoms with Crippen molar-refractivity contribution in [3.8, 4) is 0 Å². The van der Waals surface area contributed by atoms with Gasteiger partial charge in [0.25, 0.3) is 5.91 Å². The van der Waals surface area contributed by atoms with Gasteiger partial charge >= 0.3 is 11.9 Å². The first kappa shape index (κ1) is 19.2. The number of benzene rings is 2. The Kier molecular flexibility index (Phi) is 5.09. The fraction of sp³-hybridized carbons (Fsp3) is 0.348. The van der Waals surface area contributed by atoms with Crippen LogP contribution in [-0.4, -0.2) is 42.5 Å². The number of hydrogen-bond donors (Lipinski definition) is 0. The maximum Gasteiger partial charge on any atom is 0.328 e. The van der Waals surface area contributed by atoms with Crippen LogP contribution in [0.2, 0.25) is 0 Å². The second-order valence-corrected chi connectivity index (χ2v) is 7.56. The Balaban J connectivity index is 1.46. The molecule has 6 heteroatoms. The van der Waals surface area contributed by atoms with Gasteiger partial charge in [-0.1, -0.05) is 54.6 Å². The lowest BCUT2D eigenvalue weighted by atomic mass is 9.94. The standard InChI is InChI=1S/C23H23NO5/c1-28-21(26)19-13-16-7-5-6-8-17(16)14-24(19)20(25)15-29-22(27)23(11-12-23)18-9-3-2-4-10-18/h2-10,19H,11-15H2,1H3. The second-order valence-electron chi connectivity index (χ2n) is 7.56. The van der Waals surface area contributed by atoms with Crippen LogP contribution < -0.4 is 0 Å². The quantitative estimate of drug-likeness (QED) is 0.730. The van der Waals surface area contributed by atoms with E-state index in [-0.39, 0.29) is 19.1 Å². The van der Waals surface area contributed by atoms with Crippen LogP contribution in [0.5, 0.6) is 0 Å². The molecule has 1 amide bonds. The molecular formula is C23H23NO5. The number of amides is 1. The van der Waals surface area contributed by atoms with Gasteiger partial charge in [0.1, 0.15) is 6.04 Å². The average Bonchev–Trinajstić information content (AvgIpc) is 3.58. The van der Waals surface area contributed by atoms with E-state index >= 15 is 0 Å². The van der Waals surface area contributed by atoms with Gasteiger partial charge in [0.15, 0.2) is 6.61 Å². The number of hydrogen-bond acceptors (Lipinski definition) is 5. The third kappa shape index (κ3) is 3.62. The van der Waals surface area contributed by atoms with Crippen LogP contribution >= 0.6 is 0 Å². The number of esters is 2. The third-order valence-corrected chi connectivity index (χ3v) is 5.84. The van der Waals surface area contributed by atoms with Gasteiger partial charge in [-0.3, -0.25) is 9.59 Å². The summed E-state index contributed by atoms with van der Waals surface area (Å²) in [5.74, 6) is -1.25. The predicted octanol–water partition coefficient (Wildman–Crippen LogP) is 2.39. The van der Waals surface area contributed by atoms with E-state index in [1.807, 2.05) is 54.6 Å². The molecule has 0 aromatic heterocycles. The molecule has 29 heavy (non-hydrogen) atoms. The third-order valence-electron chi connectivity index (χ3n) is 5.84. The topological polar surface area (TPSA) is 72.9 Å². The van der Waals surface area contributed by atoms with Crippen molar-refractivity contribution in [2.75, 3.05) is 13.7 Å². The van der Waals surface area contributed by atoms with E-state index in [1.54, 1.807) is 0 Å². The van der Waals surface area contributed by atoms with Crippen molar-refractivity contribution in [2.45, 2.75) is 37.3 Å². The zero-order valence-corrected chi connectivity index (χ0v) is 16.3. The summed E-state index contributed by atoms with van der Waals surface area (Å²) in [6.07, 6.45) is 1.81. The molecule has 0 saturated heterocycles. The molecule has 1 aliphatic heterocycles. The van der Waals surface area contributed by atoms with Crippen molar-refractivity contribution in [3.63, 3.8) is 0 Å². The summed E-state index contributed by atoms with van der Waals surface area (Å²) < 4.78 is 10.3. The average molecular weight is 393 g/mol. The van der Waals surface area contributed by atoms with Crippen molar-refractivity contribution < 1.29 is 23.9 Å². The molecule has 0 bridgehead atoms. The lowest BCUT2D eigenvalue weighted by molar-refractivity contribution is -0.160. The van der Waals surface area contributed by atoms with Crippen molar-refractivity contribution in [3.05, 3.63) is 71.3 Å². The molecule has 1 atom stereocenters. The zero-order valence-electron chi connectivity index (χ0n) is 16.3. The molecule has 150 valence electrons. The van der Waals surface area contributed by atoms with Crippen LogP contribution in [0.3, 0.4) is 0 Å². The van der Waals surface area contributed by atoms with Gasteiger partial charge in [0.05, 0.1) is 12.5 Å². The molecule has 0 radical (unpaired) electrons. The second kappa shape index (κ2) is 7.70. The summed E-state index contributed by atoms with van der Waals surface area (Å²) in [6.45, 7) is -0.0980. The van der Waals surface area contributed by atoms with Crippen LogP contribution in [0, 0.1) is 0 Å². The minimum atomic E-state index is -0.717. The molecule has 1 fully saturated rings. The summed E-state index contributed by atoms with van der Waals surface area (Å²) in [5, 5.41) is 0. The van der Waals surface area contributed by atoms with E-state index in [0.29, 0.717) is 19.3 Å². The fourth-order valence-electron chi connectivity index (χ4n) is 3.97. The summed E-state index contributed by atoms with van der Waals surface area (Å²) >= 11 is 0. The molecule has 2 aromatic rings. The van der Waals surface area contributed by atoms with Crippen LogP contribution in [0.25, 0.3) is 0 Å². The maximum absolute atomic E-state index is 12.9. The molecule has 4 rings (SSSR count). The largest absolute Gasteiger partial charge is 0.467 e. The van der Waals surface area contributed by atoms with Gasteiger partial charge in [-0.25, -0.2) is 4.79 Å². The SMILES string of the molecule is COC(=O)C1Cc2ccccc2CN1C(=O)COC(=O)C1(c2ccccc2)CC1. The van der Waals surface area contributed by atoms with Gasteiger partial charge < -0.3 is 14.4 Å². The first-order valence-corrected chi connectivity index (χ1v) is 9.72. The minimum Gasteiger partial charge on any atom is -0.467 e. The normalized spacial score (nSPS) is 19.1. The Morgan fingerprint density at radius 1 is 1.00 bits per heavy atom. The van der Waals surface area contributed by atoms with E-state index < -0.39 is 23.3 Å². The summed E-state index contributed by atoms with van der Waals surface area (Å²) in [6, 6.07) is 16.5. The summed E-state index contributed by atoms with van der Waals surface area (Å²) in [7, 11) is 1.31. The molecular weight excluding hydrogens is 370 g/mol. The van der Waals surface area contributed by atoms with Crippen molar-refractivity contribution in [2.24, 2.45) is 0 Å². The van der Waals surface area contributed by atoms with Gasteiger partial charge in [-0.2, -0.15) is 0 Å². The van der Waals surface area contributed by atoms with Crippen molar-refractivity contribution >= 4 is 17.8 Å². The molecule has 2 aromatic carbocycles. The van der Waals surface area contributed by atoms with Gasteiger partial charge in [0, 0.05) is 13.0 Å². The highest BCUT2D eigenvalue weighted by atomic mass is 16.5. The number of methoxy groups -OCH3 is 1. The Bertz CT molecular complexity index is 935. The Labute approximate surface area is 169 Å². The highest BCUT2D eigenvalue weighted by Crippen LogP contribution is 2.49. The summed E-state index contributed by atoms with van der Waals surface area (Å²) in [4.78, 5) is 39.3. The Morgan fingerprint density at radius 3 is 2.31 bits per heavy atom. The molecule has 0 N–H and O–H groups in total. The van der Waals surface area contributed by atoms with Crippen LogP contribution in [-0.2, 0) is 42.2 Å². The Morgan fingerprint density at radius 2 is 1.66 bits per heavy atom. The lowest BCUT2D eigenvalue weighted by Gasteiger charge is -2.35. The minimum absolute atomic E-state index is 0.288. The summed E-state index contributed by atoms with van der Waals surface area (Å²) in [5.41, 5.74) is 2.27. The van der Waals surface area contributed by atoms with Gasteiger partial charge in [0.2, 0.25) is 0 Å². The molecule has 1 unspecified atom stereocenters. The molecule has 0 spiro atoms. The molecule has 1 aliphatic carbocycles. The fourth-order valence-corrected chi connectivity index (χ4v) is 3.97. The van der Waals surface area contributed by atoms with E-state index in [1.165, 1.54) is 12.0 Å². The molecule has 1 saturated carbocycles. The molecule has 6 nitrogen and oxygen atoms in total. The first-order chi connectivity index (χ1) is 14.0. The van der Waals surface area contributed by atoms with Crippen LogP contribution in [0.15, 0.2) is 54.6 Å².